The zero-order chi connectivity index (χ0) is 20.5. The van der Waals surface area contributed by atoms with E-state index < -0.39 is 0 Å². The van der Waals surface area contributed by atoms with Gasteiger partial charge >= 0.3 is 0 Å². The maximum Gasteiger partial charge on any atom is 0.254 e. The van der Waals surface area contributed by atoms with E-state index in [4.69, 9.17) is 9.47 Å². The quantitative estimate of drug-likeness (QED) is 0.713. The molecule has 150 valence electrons. The Morgan fingerprint density at radius 1 is 1.07 bits per heavy atom. The van der Waals surface area contributed by atoms with Crippen LogP contribution < -0.4 is 14.8 Å². The molecule has 0 heterocycles. The van der Waals surface area contributed by atoms with Gasteiger partial charge in [-0.25, -0.2) is 0 Å². The lowest BCUT2D eigenvalue weighted by molar-refractivity contribution is -0.116. The third-order valence-corrected chi connectivity index (χ3v) is 4.04. The fraction of sp³-hybridized carbons (Fsp3) is 0.364. The molecule has 0 atom stereocenters. The van der Waals surface area contributed by atoms with Crippen molar-refractivity contribution in [3.63, 3.8) is 0 Å². The van der Waals surface area contributed by atoms with E-state index >= 15 is 0 Å². The van der Waals surface area contributed by atoms with Gasteiger partial charge in [-0.15, -0.1) is 0 Å². The van der Waals surface area contributed by atoms with E-state index in [-0.39, 0.29) is 18.4 Å². The number of likely N-dealkylation sites (N-methyl/N-ethyl adjacent to an activating group) is 1. The molecule has 0 aromatic heterocycles. The van der Waals surface area contributed by atoms with Gasteiger partial charge < -0.3 is 19.7 Å². The summed E-state index contributed by atoms with van der Waals surface area (Å²) in [5.41, 5.74) is 1.15. The second-order valence-electron chi connectivity index (χ2n) is 6.83. The molecule has 2 amide bonds. The van der Waals surface area contributed by atoms with Crippen molar-refractivity contribution in [2.75, 3.05) is 32.1 Å². The van der Waals surface area contributed by atoms with Crippen LogP contribution in [-0.4, -0.2) is 43.5 Å². The molecular weight excluding hydrogens is 356 g/mol. The van der Waals surface area contributed by atoms with E-state index in [1.54, 1.807) is 49.6 Å². The number of carbonyl (C=O) groups is 2. The van der Waals surface area contributed by atoms with E-state index in [2.05, 4.69) is 19.2 Å². The molecule has 28 heavy (non-hydrogen) atoms. The predicted molar refractivity (Wildman–Crippen MR) is 110 cm³/mol. The number of anilines is 1. The summed E-state index contributed by atoms with van der Waals surface area (Å²) < 4.78 is 10.8. The fourth-order valence-electron chi connectivity index (χ4n) is 2.54. The molecule has 0 saturated carbocycles. The van der Waals surface area contributed by atoms with Crippen molar-refractivity contribution in [2.24, 2.45) is 5.92 Å². The van der Waals surface area contributed by atoms with Crippen LogP contribution in [0.5, 0.6) is 11.5 Å². The van der Waals surface area contributed by atoms with E-state index in [1.165, 1.54) is 4.90 Å². The Morgan fingerprint density at radius 2 is 1.79 bits per heavy atom. The van der Waals surface area contributed by atoms with Gasteiger partial charge in [-0.1, -0.05) is 19.9 Å². The molecule has 0 unspecified atom stereocenters. The Morgan fingerprint density at radius 3 is 2.39 bits per heavy atom. The number of hydrogen-bond acceptors (Lipinski definition) is 4. The number of methoxy groups -OCH3 is 1. The lowest BCUT2D eigenvalue weighted by atomic mass is 10.2. The topological polar surface area (TPSA) is 67.9 Å². The van der Waals surface area contributed by atoms with Crippen LogP contribution in [0.25, 0.3) is 0 Å². The zero-order valence-electron chi connectivity index (χ0n) is 16.9. The van der Waals surface area contributed by atoms with Crippen LogP contribution in [0.4, 0.5) is 5.69 Å². The summed E-state index contributed by atoms with van der Waals surface area (Å²) in [6, 6.07) is 14.1. The van der Waals surface area contributed by atoms with Crippen LogP contribution in [0.1, 0.15) is 31.1 Å². The van der Waals surface area contributed by atoms with Crippen molar-refractivity contribution in [1.29, 1.82) is 0 Å². The molecule has 0 aliphatic carbocycles. The summed E-state index contributed by atoms with van der Waals surface area (Å²) in [7, 11) is 1.58. The minimum absolute atomic E-state index is 0.0293. The molecule has 6 heteroatoms. The van der Waals surface area contributed by atoms with Crippen molar-refractivity contribution in [3.8, 4) is 11.5 Å². The van der Waals surface area contributed by atoms with E-state index in [1.807, 2.05) is 13.0 Å². The third-order valence-electron chi connectivity index (χ3n) is 4.04. The summed E-state index contributed by atoms with van der Waals surface area (Å²) in [5, 5.41) is 2.80. The molecule has 2 rings (SSSR count). The highest BCUT2D eigenvalue weighted by Crippen LogP contribution is 2.17. The van der Waals surface area contributed by atoms with Crippen molar-refractivity contribution in [3.05, 3.63) is 54.1 Å². The van der Waals surface area contributed by atoms with Gasteiger partial charge in [0.15, 0.2) is 0 Å². The molecule has 1 N–H and O–H groups in total. The van der Waals surface area contributed by atoms with E-state index in [9.17, 15) is 9.59 Å². The molecule has 2 aromatic carbocycles. The average Bonchev–Trinajstić information content (AvgIpc) is 2.70. The summed E-state index contributed by atoms with van der Waals surface area (Å²) >= 11 is 0. The van der Waals surface area contributed by atoms with E-state index in [0.717, 1.165) is 0 Å². The molecule has 0 aliphatic heterocycles. The van der Waals surface area contributed by atoms with Crippen LogP contribution >= 0.6 is 0 Å². The average molecular weight is 384 g/mol. The molecule has 0 fully saturated rings. The number of amides is 2. The van der Waals surface area contributed by atoms with Crippen molar-refractivity contribution >= 4 is 17.5 Å². The highest BCUT2D eigenvalue weighted by atomic mass is 16.5. The second-order valence-corrected chi connectivity index (χ2v) is 6.83. The van der Waals surface area contributed by atoms with Crippen LogP contribution in [0.2, 0.25) is 0 Å². The standard InChI is InChI=1S/C22H28N2O4/c1-5-24(14-21(25)23-18-9-11-19(27-4)12-10-18)22(26)17-7-6-8-20(13-17)28-15-16(2)3/h6-13,16H,5,14-15H2,1-4H3,(H,23,25). The largest absolute Gasteiger partial charge is 0.497 e. The Hall–Kier alpha value is -3.02. The molecule has 6 nitrogen and oxygen atoms in total. The molecule has 0 spiro atoms. The number of carbonyl (C=O) groups excluding carboxylic acids is 2. The highest BCUT2D eigenvalue weighted by Gasteiger charge is 2.18. The summed E-state index contributed by atoms with van der Waals surface area (Å²) in [6.07, 6.45) is 0. The van der Waals surface area contributed by atoms with Gasteiger partial charge in [0.2, 0.25) is 5.91 Å². The van der Waals surface area contributed by atoms with Gasteiger partial charge in [-0.2, -0.15) is 0 Å². The predicted octanol–water partition coefficient (Wildman–Crippen LogP) is 3.83. The second kappa shape index (κ2) is 10.3. The van der Waals surface area contributed by atoms with Gasteiger partial charge in [0.05, 0.1) is 13.7 Å². The maximum absolute atomic E-state index is 12.8. The summed E-state index contributed by atoms with van der Waals surface area (Å²) in [4.78, 5) is 26.7. The first kappa shape index (κ1) is 21.3. The SMILES string of the molecule is CCN(CC(=O)Nc1ccc(OC)cc1)C(=O)c1cccc(OCC(C)C)c1. The van der Waals surface area contributed by atoms with E-state index in [0.29, 0.717) is 41.8 Å². The number of rotatable bonds is 9. The lowest BCUT2D eigenvalue weighted by Crippen LogP contribution is -2.37. The Labute approximate surface area is 166 Å². The summed E-state index contributed by atoms with van der Waals surface area (Å²) in [5.74, 6) is 1.30. The van der Waals surface area contributed by atoms with Crippen LogP contribution in [0.15, 0.2) is 48.5 Å². The molecule has 0 aliphatic rings. The van der Waals surface area contributed by atoms with Gasteiger partial charge in [-0.3, -0.25) is 9.59 Å². The molecule has 0 saturated heterocycles. The smallest absolute Gasteiger partial charge is 0.254 e. The molecular formula is C22H28N2O4. The van der Waals surface area contributed by atoms with Crippen LogP contribution in [0.3, 0.4) is 0 Å². The minimum atomic E-state index is -0.257. The minimum Gasteiger partial charge on any atom is -0.497 e. The van der Waals surface area contributed by atoms with Crippen LogP contribution in [0, 0.1) is 5.92 Å². The van der Waals surface area contributed by atoms with Gasteiger partial charge in [-0.05, 0) is 55.3 Å². The Bertz CT molecular complexity index is 787. The van der Waals surface area contributed by atoms with Crippen molar-refractivity contribution in [1.82, 2.24) is 4.90 Å². The molecule has 2 aromatic rings. The zero-order valence-corrected chi connectivity index (χ0v) is 16.9. The molecule has 0 radical (unpaired) electrons. The fourth-order valence-corrected chi connectivity index (χ4v) is 2.54. The number of nitrogens with one attached hydrogen (secondary N) is 1. The number of nitrogens with zero attached hydrogens (tertiary/aromatic N) is 1. The van der Waals surface area contributed by atoms with Gasteiger partial charge in [0, 0.05) is 17.8 Å². The monoisotopic (exact) mass is 384 g/mol. The lowest BCUT2D eigenvalue weighted by Gasteiger charge is -2.21. The van der Waals surface area contributed by atoms with Crippen LogP contribution in [-0.2, 0) is 4.79 Å². The first-order valence-corrected chi connectivity index (χ1v) is 9.39. The number of benzene rings is 2. The first-order chi connectivity index (χ1) is 13.4. The third kappa shape index (κ3) is 6.30. The first-order valence-electron chi connectivity index (χ1n) is 9.39. The van der Waals surface area contributed by atoms with Crippen molar-refractivity contribution in [2.45, 2.75) is 20.8 Å². The van der Waals surface area contributed by atoms with Gasteiger partial charge in [0.25, 0.3) is 5.91 Å². The number of hydrogen-bond donors (Lipinski definition) is 1. The van der Waals surface area contributed by atoms with Gasteiger partial charge in [0.1, 0.15) is 18.0 Å². The highest BCUT2D eigenvalue weighted by molar-refractivity contribution is 5.99. The Kier molecular flexibility index (Phi) is 7.87. The summed E-state index contributed by atoms with van der Waals surface area (Å²) in [6.45, 7) is 6.95. The maximum atomic E-state index is 12.8. The normalized spacial score (nSPS) is 10.5. The van der Waals surface area contributed by atoms with Crippen molar-refractivity contribution < 1.29 is 19.1 Å². The number of ether oxygens (including phenoxy) is 2. The molecule has 0 bridgehead atoms. The Balaban J connectivity index is 2.00.